The van der Waals surface area contributed by atoms with E-state index in [1.54, 1.807) is 24.3 Å². The van der Waals surface area contributed by atoms with Crippen molar-refractivity contribution in [2.45, 2.75) is 26.4 Å². The molecule has 0 aliphatic rings. The van der Waals surface area contributed by atoms with Crippen LogP contribution in [0.3, 0.4) is 0 Å². The van der Waals surface area contributed by atoms with E-state index in [-0.39, 0.29) is 30.1 Å². The third kappa shape index (κ3) is 6.20. The van der Waals surface area contributed by atoms with Crippen molar-refractivity contribution in [3.8, 4) is 0 Å². The number of hydrogen-bond donors (Lipinski definition) is 3. The summed E-state index contributed by atoms with van der Waals surface area (Å²) in [7, 11) is 2.91. The Balaban J connectivity index is 1.93. The van der Waals surface area contributed by atoms with Crippen LogP contribution in [-0.2, 0) is 25.4 Å². The average Bonchev–Trinajstić information content (AvgIpc) is 2.67. The van der Waals surface area contributed by atoms with Gasteiger partial charge in [-0.2, -0.15) is 0 Å². The number of rotatable bonds is 6. The van der Waals surface area contributed by atoms with E-state index < -0.39 is 11.2 Å². The number of nitrogens with one attached hydrogen (secondary N) is 3. The minimum Gasteiger partial charge on any atom is -0.348 e. The highest BCUT2D eigenvalue weighted by Gasteiger charge is 2.06. The van der Waals surface area contributed by atoms with Gasteiger partial charge >= 0.3 is 11.7 Å². The van der Waals surface area contributed by atoms with Crippen LogP contribution in [0.2, 0.25) is 0 Å². The molecule has 1 aromatic carbocycles. The molecule has 3 N–H and O–H groups in total. The fourth-order valence-corrected chi connectivity index (χ4v) is 2.50. The number of anilines is 1. The number of hydrogen-bond acceptors (Lipinski definition) is 4. The standard InChI is InChI=1S/C20H25N5O4/c1-13(2)22-19(28)23-16-8-5-14(6-9-16)11-21-17(26)10-7-15-12-24(3)20(29)25(4)18(15)27/h5-10,12-13H,11H2,1-4H3,(H,21,26)(H2,22,23,28). The first-order valence-electron chi connectivity index (χ1n) is 9.06. The van der Waals surface area contributed by atoms with Crippen LogP contribution in [0.25, 0.3) is 6.08 Å². The predicted molar refractivity (Wildman–Crippen MR) is 112 cm³/mol. The summed E-state index contributed by atoms with van der Waals surface area (Å²) >= 11 is 0. The fraction of sp³-hybridized carbons (Fsp3) is 0.300. The zero-order chi connectivity index (χ0) is 21.6. The summed E-state index contributed by atoms with van der Waals surface area (Å²) in [6.45, 7) is 4.03. The van der Waals surface area contributed by atoms with Crippen molar-refractivity contribution in [2.24, 2.45) is 14.1 Å². The number of urea groups is 1. The molecule has 0 aliphatic heterocycles. The van der Waals surface area contributed by atoms with E-state index in [2.05, 4.69) is 16.0 Å². The summed E-state index contributed by atoms with van der Waals surface area (Å²) in [6.07, 6.45) is 4.00. The largest absolute Gasteiger partial charge is 0.348 e. The van der Waals surface area contributed by atoms with Crippen molar-refractivity contribution in [1.29, 1.82) is 0 Å². The Morgan fingerprint density at radius 1 is 1.10 bits per heavy atom. The highest BCUT2D eigenvalue weighted by atomic mass is 16.2. The molecule has 0 radical (unpaired) electrons. The van der Waals surface area contributed by atoms with E-state index in [9.17, 15) is 19.2 Å². The van der Waals surface area contributed by atoms with Crippen molar-refractivity contribution in [3.63, 3.8) is 0 Å². The van der Waals surface area contributed by atoms with Gasteiger partial charge in [0.25, 0.3) is 5.56 Å². The summed E-state index contributed by atoms with van der Waals surface area (Å²) < 4.78 is 2.25. The molecule has 9 heteroatoms. The zero-order valence-corrected chi connectivity index (χ0v) is 16.9. The molecule has 1 heterocycles. The van der Waals surface area contributed by atoms with Gasteiger partial charge in [-0.3, -0.25) is 14.2 Å². The molecule has 0 saturated carbocycles. The maximum absolute atomic E-state index is 12.0. The molecule has 0 unspecified atom stereocenters. The van der Waals surface area contributed by atoms with Crippen LogP contribution in [0.5, 0.6) is 0 Å². The Morgan fingerprint density at radius 3 is 2.38 bits per heavy atom. The Bertz CT molecular complexity index is 1030. The average molecular weight is 399 g/mol. The van der Waals surface area contributed by atoms with E-state index in [0.717, 1.165) is 10.1 Å². The van der Waals surface area contributed by atoms with Gasteiger partial charge in [0.1, 0.15) is 0 Å². The van der Waals surface area contributed by atoms with Crippen LogP contribution in [-0.4, -0.2) is 27.1 Å². The third-order valence-electron chi connectivity index (χ3n) is 3.99. The second-order valence-electron chi connectivity index (χ2n) is 6.84. The van der Waals surface area contributed by atoms with Crippen molar-refractivity contribution in [1.82, 2.24) is 19.8 Å². The Hall–Kier alpha value is -3.62. The molecule has 0 aliphatic carbocycles. The molecule has 1 aromatic heterocycles. The number of aromatic nitrogens is 2. The summed E-state index contributed by atoms with van der Waals surface area (Å²) in [4.78, 5) is 47.4. The van der Waals surface area contributed by atoms with Crippen LogP contribution in [0.4, 0.5) is 10.5 Å². The number of amides is 3. The quantitative estimate of drug-likeness (QED) is 0.627. The number of aryl methyl sites for hydroxylation is 1. The topological polar surface area (TPSA) is 114 Å². The summed E-state index contributed by atoms with van der Waals surface area (Å²) in [5.41, 5.74) is 0.820. The van der Waals surface area contributed by atoms with Gasteiger partial charge in [0.05, 0.1) is 5.56 Å². The van der Waals surface area contributed by atoms with Crippen LogP contribution >= 0.6 is 0 Å². The highest BCUT2D eigenvalue weighted by molar-refractivity contribution is 5.91. The lowest BCUT2D eigenvalue weighted by molar-refractivity contribution is -0.116. The van der Waals surface area contributed by atoms with Crippen molar-refractivity contribution < 1.29 is 9.59 Å². The van der Waals surface area contributed by atoms with Gasteiger partial charge in [0, 0.05) is 44.6 Å². The van der Waals surface area contributed by atoms with Gasteiger partial charge in [-0.1, -0.05) is 12.1 Å². The Kier molecular flexibility index (Phi) is 7.13. The summed E-state index contributed by atoms with van der Waals surface area (Å²) in [6, 6.07) is 6.82. The van der Waals surface area contributed by atoms with Gasteiger partial charge in [0.2, 0.25) is 5.91 Å². The van der Waals surface area contributed by atoms with E-state index in [4.69, 9.17) is 0 Å². The van der Waals surface area contributed by atoms with Gasteiger partial charge in [0.15, 0.2) is 0 Å². The molecule has 2 aromatic rings. The SMILES string of the molecule is CC(C)NC(=O)Nc1ccc(CNC(=O)C=Cc2cn(C)c(=O)n(C)c2=O)cc1. The lowest BCUT2D eigenvalue weighted by atomic mass is 10.2. The zero-order valence-electron chi connectivity index (χ0n) is 16.9. The van der Waals surface area contributed by atoms with Crippen LogP contribution in [0.1, 0.15) is 25.0 Å². The predicted octanol–water partition coefficient (Wildman–Crippen LogP) is 0.944. The van der Waals surface area contributed by atoms with Crippen molar-refractivity contribution in [3.05, 3.63) is 68.5 Å². The maximum Gasteiger partial charge on any atom is 0.330 e. The molecular formula is C20H25N5O4. The smallest absolute Gasteiger partial charge is 0.330 e. The van der Waals surface area contributed by atoms with Crippen LogP contribution in [0.15, 0.2) is 46.1 Å². The summed E-state index contributed by atoms with van der Waals surface area (Å²) in [5, 5.41) is 8.16. The van der Waals surface area contributed by atoms with Crippen molar-refractivity contribution in [2.75, 3.05) is 5.32 Å². The maximum atomic E-state index is 12.0. The first-order valence-corrected chi connectivity index (χ1v) is 9.06. The van der Waals surface area contributed by atoms with E-state index in [0.29, 0.717) is 5.69 Å². The normalized spacial score (nSPS) is 10.9. The van der Waals surface area contributed by atoms with Gasteiger partial charge < -0.3 is 20.5 Å². The molecule has 0 atom stereocenters. The molecule has 9 nitrogen and oxygen atoms in total. The lowest BCUT2D eigenvalue weighted by Crippen LogP contribution is -2.37. The highest BCUT2D eigenvalue weighted by Crippen LogP contribution is 2.09. The number of nitrogens with zero attached hydrogens (tertiary/aromatic N) is 2. The molecular weight excluding hydrogens is 374 g/mol. The van der Waals surface area contributed by atoms with Crippen molar-refractivity contribution >= 4 is 23.7 Å². The van der Waals surface area contributed by atoms with E-state index in [1.807, 2.05) is 13.8 Å². The van der Waals surface area contributed by atoms with Crippen LogP contribution in [0, 0.1) is 0 Å². The fourth-order valence-electron chi connectivity index (χ4n) is 2.50. The van der Waals surface area contributed by atoms with Gasteiger partial charge in [-0.15, -0.1) is 0 Å². The second-order valence-corrected chi connectivity index (χ2v) is 6.84. The number of benzene rings is 1. The first kappa shape index (κ1) is 21.7. The third-order valence-corrected chi connectivity index (χ3v) is 3.99. The second kappa shape index (κ2) is 9.54. The molecule has 0 bridgehead atoms. The minimum atomic E-state index is -0.471. The molecule has 2 rings (SSSR count). The van der Waals surface area contributed by atoms with Gasteiger partial charge in [-0.05, 0) is 37.6 Å². The Morgan fingerprint density at radius 2 is 1.76 bits per heavy atom. The minimum absolute atomic E-state index is 0.0403. The van der Waals surface area contributed by atoms with E-state index in [1.165, 1.54) is 37.0 Å². The lowest BCUT2D eigenvalue weighted by Gasteiger charge is -2.10. The summed E-state index contributed by atoms with van der Waals surface area (Å²) in [5.74, 6) is -0.376. The monoisotopic (exact) mass is 399 g/mol. The van der Waals surface area contributed by atoms with Gasteiger partial charge in [-0.25, -0.2) is 9.59 Å². The molecule has 0 fully saturated rings. The molecule has 154 valence electrons. The molecule has 3 amide bonds. The van der Waals surface area contributed by atoms with E-state index >= 15 is 0 Å². The van der Waals surface area contributed by atoms with Crippen LogP contribution < -0.4 is 27.2 Å². The molecule has 0 saturated heterocycles. The number of carbonyl (C=O) groups is 2. The molecule has 0 spiro atoms. The number of carbonyl (C=O) groups excluding carboxylic acids is 2. The Labute approximate surface area is 168 Å². The molecule has 29 heavy (non-hydrogen) atoms. The first-order chi connectivity index (χ1) is 13.7.